The fraction of sp³-hybridized carbons (Fsp3) is 0.179. The average molecular weight is 511 g/mol. The number of β-amino-alcohol motifs (C(OH)–C–C–N with tert-alkyl or cyclic N) is 1. The van der Waals surface area contributed by atoms with Gasteiger partial charge in [0.2, 0.25) is 5.91 Å². The zero-order valence-corrected chi connectivity index (χ0v) is 20.9. The average Bonchev–Trinajstić information content (AvgIpc) is 2.84. The second-order valence-electron chi connectivity index (χ2n) is 7.96. The molecule has 0 saturated carbocycles. The lowest BCUT2D eigenvalue weighted by molar-refractivity contribution is -0.111. The SMILES string of the molecule is CCOc1ccc(C(=CC=CC(=O)Nc2cccc3c2CC(O)CN3)c2ccc(Cl)cc2)cc1.Cl. The minimum Gasteiger partial charge on any atom is -0.494 e. The molecule has 7 heteroatoms. The lowest BCUT2D eigenvalue weighted by Gasteiger charge is -2.24. The van der Waals surface area contributed by atoms with E-state index in [9.17, 15) is 9.90 Å². The van der Waals surface area contributed by atoms with Crippen LogP contribution in [0.4, 0.5) is 11.4 Å². The Labute approximate surface area is 216 Å². The molecule has 0 radical (unpaired) electrons. The normalized spacial score (nSPS) is 15.1. The first-order valence-electron chi connectivity index (χ1n) is 11.3. The van der Waals surface area contributed by atoms with E-state index in [2.05, 4.69) is 10.6 Å². The van der Waals surface area contributed by atoms with Crippen LogP contribution in [0.3, 0.4) is 0 Å². The van der Waals surface area contributed by atoms with Crippen LogP contribution < -0.4 is 15.4 Å². The van der Waals surface area contributed by atoms with Crippen molar-refractivity contribution in [1.29, 1.82) is 0 Å². The first-order chi connectivity index (χ1) is 16.5. The summed E-state index contributed by atoms with van der Waals surface area (Å²) in [4.78, 5) is 12.7. The third-order valence-electron chi connectivity index (χ3n) is 5.54. The number of fused-ring (bicyclic) bond motifs is 1. The van der Waals surface area contributed by atoms with Crippen LogP contribution in [-0.4, -0.2) is 30.3 Å². The van der Waals surface area contributed by atoms with E-state index in [1.54, 1.807) is 6.08 Å². The zero-order valence-electron chi connectivity index (χ0n) is 19.3. The van der Waals surface area contributed by atoms with Crippen LogP contribution in [0.5, 0.6) is 5.75 Å². The maximum atomic E-state index is 12.7. The number of rotatable bonds is 7. The molecule has 0 aromatic heterocycles. The molecule has 0 saturated heterocycles. The van der Waals surface area contributed by atoms with E-state index in [4.69, 9.17) is 16.3 Å². The molecule has 4 rings (SSSR count). The van der Waals surface area contributed by atoms with Gasteiger partial charge in [0.15, 0.2) is 0 Å². The molecule has 3 aromatic carbocycles. The third-order valence-corrected chi connectivity index (χ3v) is 5.80. The molecule has 3 N–H and O–H groups in total. The van der Waals surface area contributed by atoms with Gasteiger partial charge in [-0.1, -0.05) is 54.1 Å². The molecule has 0 bridgehead atoms. The molecule has 5 nitrogen and oxygen atoms in total. The van der Waals surface area contributed by atoms with Crippen molar-refractivity contribution < 1.29 is 14.6 Å². The smallest absolute Gasteiger partial charge is 0.248 e. The highest BCUT2D eigenvalue weighted by Crippen LogP contribution is 2.29. The van der Waals surface area contributed by atoms with Crippen LogP contribution in [0.25, 0.3) is 5.57 Å². The fourth-order valence-electron chi connectivity index (χ4n) is 3.92. The summed E-state index contributed by atoms with van der Waals surface area (Å²) in [5.41, 5.74) is 5.48. The Hall–Kier alpha value is -3.25. The standard InChI is InChI=1S/C28H27ClN2O3.ClH/c1-2-34-23-15-11-20(12-16-23)24(19-9-13-21(29)14-10-19)5-3-8-28(33)31-27-7-4-6-26-25(27)17-22(32)18-30-26;/h3-16,22,30,32H,2,17-18H2,1H3,(H,31,33);1H. The third kappa shape index (κ3) is 6.89. The lowest BCUT2D eigenvalue weighted by atomic mass is 9.97. The topological polar surface area (TPSA) is 70.6 Å². The van der Waals surface area contributed by atoms with Crippen molar-refractivity contribution in [3.8, 4) is 5.75 Å². The molecular formula is C28H28Cl2N2O3. The van der Waals surface area contributed by atoms with Gasteiger partial charge in [-0.25, -0.2) is 0 Å². The molecule has 1 aliphatic rings. The van der Waals surface area contributed by atoms with Crippen molar-refractivity contribution in [2.45, 2.75) is 19.4 Å². The van der Waals surface area contributed by atoms with E-state index in [1.807, 2.05) is 79.7 Å². The molecule has 1 aliphatic heterocycles. The maximum Gasteiger partial charge on any atom is 0.248 e. The van der Waals surface area contributed by atoms with Gasteiger partial charge in [-0.2, -0.15) is 0 Å². The van der Waals surface area contributed by atoms with Crippen LogP contribution in [0.2, 0.25) is 5.02 Å². The minimum atomic E-state index is -0.472. The number of amides is 1. The van der Waals surface area contributed by atoms with E-state index in [-0.39, 0.29) is 18.3 Å². The van der Waals surface area contributed by atoms with Gasteiger partial charge in [-0.15, -0.1) is 12.4 Å². The highest BCUT2D eigenvalue weighted by molar-refractivity contribution is 6.30. The number of benzene rings is 3. The molecule has 0 fully saturated rings. The molecule has 1 heterocycles. The number of hydrogen-bond acceptors (Lipinski definition) is 4. The molecular weight excluding hydrogens is 483 g/mol. The number of allylic oxidation sites excluding steroid dienone is 2. The first-order valence-corrected chi connectivity index (χ1v) is 11.6. The fourth-order valence-corrected chi connectivity index (χ4v) is 4.04. The molecule has 182 valence electrons. The predicted molar refractivity (Wildman–Crippen MR) is 146 cm³/mol. The van der Waals surface area contributed by atoms with Crippen molar-refractivity contribution in [3.05, 3.63) is 107 Å². The molecule has 0 aliphatic carbocycles. The monoisotopic (exact) mass is 510 g/mol. The van der Waals surface area contributed by atoms with Crippen LogP contribution in [0, 0.1) is 0 Å². The number of carbonyl (C=O) groups is 1. The number of aliphatic hydroxyl groups is 1. The van der Waals surface area contributed by atoms with Crippen LogP contribution >= 0.6 is 24.0 Å². The zero-order chi connectivity index (χ0) is 23.9. The highest BCUT2D eigenvalue weighted by Gasteiger charge is 2.19. The van der Waals surface area contributed by atoms with E-state index >= 15 is 0 Å². The summed E-state index contributed by atoms with van der Waals surface area (Å²) in [5.74, 6) is 0.564. The Morgan fingerprint density at radius 1 is 1.11 bits per heavy atom. The van der Waals surface area contributed by atoms with Gasteiger partial charge in [0.25, 0.3) is 0 Å². The van der Waals surface area contributed by atoms with E-state index < -0.39 is 6.10 Å². The Morgan fingerprint density at radius 3 is 2.49 bits per heavy atom. The summed E-state index contributed by atoms with van der Waals surface area (Å²) in [6, 6.07) is 21.1. The molecule has 1 atom stereocenters. The second-order valence-corrected chi connectivity index (χ2v) is 8.40. The number of ether oxygens (including phenoxy) is 1. The van der Waals surface area contributed by atoms with Gasteiger partial charge in [0.05, 0.1) is 12.7 Å². The van der Waals surface area contributed by atoms with Gasteiger partial charge in [-0.05, 0) is 60.0 Å². The van der Waals surface area contributed by atoms with E-state index in [0.717, 1.165) is 33.7 Å². The largest absolute Gasteiger partial charge is 0.494 e. The number of carbonyl (C=O) groups excluding carboxylic acids is 1. The van der Waals surface area contributed by atoms with E-state index in [1.165, 1.54) is 6.08 Å². The molecule has 0 spiro atoms. The second kappa shape index (κ2) is 12.5. The van der Waals surface area contributed by atoms with Crippen LogP contribution in [0.15, 0.2) is 85.0 Å². The Morgan fingerprint density at radius 2 is 1.80 bits per heavy atom. The Balaban J connectivity index is 0.00000342. The number of halogens is 2. The van der Waals surface area contributed by atoms with Crippen molar-refractivity contribution >= 4 is 46.9 Å². The molecule has 1 unspecified atom stereocenters. The van der Waals surface area contributed by atoms with Gasteiger partial charge >= 0.3 is 0 Å². The van der Waals surface area contributed by atoms with Crippen LogP contribution in [-0.2, 0) is 11.2 Å². The van der Waals surface area contributed by atoms with Gasteiger partial charge in [0, 0.05) is 41.0 Å². The summed E-state index contributed by atoms with van der Waals surface area (Å²) in [7, 11) is 0. The Kier molecular flexibility index (Phi) is 9.38. The highest BCUT2D eigenvalue weighted by atomic mass is 35.5. The van der Waals surface area contributed by atoms with Gasteiger partial charge in [0.1, 0.15) is 5.75 Å². The quantitative estimate of drug-likeness (QED) is 0.264. The van der Waals surface area contributed by atoms with Gasteiger partial charge < -0.3 is 20.5 Å². The predicted octanol–water partition coefficient (Wildman–Crippen LogP) is 6.12. The number of nitrogens with one attached hydrogen (secondary N) is 2. The molecule has 1 amide bonds. The van der Waals surface area contributed by atoms with Crippen molar-refractivity contribution in [2.75, 3.05) is 23.8 Å². The molecule has 35 heavy (non-hydrogen) atoms. The molecule has 3 aromatic rings. The Bertz CT molecular complexity index is 1210. The summed E-state index contributed by atoms with van der Waals surface area (Å²) in [6.45, 7) is 3.07. The number of aliphatic hydroxyl groups excluding tert-OH is 1. The lowest BCUT2D eigenvalue weighted by Crippen LogP contribution is -2.28. The first kappa shape index (κ1) is 26.4. The minimum absolute atomic E-state index is 0. The van der Waals surface area contributed by atoms with Crippen molar-refractivity contribution in [3.63, 3.8) is 0 Å². The van der Waals surface area contributed by atoms with E-state index in [0.29, 0.717) is 30.3 Å². The van der Waals surface area contributed by atoms with Crippen molar-refractivity contribution in [1.82, 2.24) is 0 Å². The number of hydrogen-bond donors (Lipinski definition) is 3. The van der Waals surface area contributed by atoms with Crippen molar-refractivity contribution in [2.24, 2.45) is 0 Å². The summed E-state index contributed by atoms with van der Waals surface area (Å²) >= 11 is 6.08. The summed E-state index contributed by atoms with van der Waals surface area (Å²) in [6.07, 6.45) is 5.17. The van der Waals surface area contributed by atoms with Gasteiger partial charge in [-0.3, -0.25) is 4.79 Å². The van der Waals surface area contributed by atoms with Crippen LogP contribution in [0.1, 0.15) is 23.6 Å². The number of anilines is 2. The summed E-state index contributed by atoms with van der Waals surface area (Å²) in [5, 5.41) is 16.8. The maximum absolute atomic E-state index is 12.7. The summed E-state index contributed by atoms with van der Waals surface area (Å²) < 4.78 is 5.55.